The zero-order valence-electron chi connectivity index (χ0n) is 30.4. The van der Waals surface area contributed by atoms with E-state index in [1.807, 2.05) is 6.07 Å². The van der Waals surface area contributed by atoms with E-state index in [0.29, 0.717) is 0 Å². The van der Waals surface area contributed by atoms with Crippen LogP contribution in [0.5, 0.6) is 0 Å². The number of hydrogen-bond acceptors (Lipinski definition) is 2. The number of aromatic nitrogens is 4. The number of benzene rings is 8. The van der Waals surface area contributed by atoms with Gasteiger partial charge in [-0.2, -0.15) is 5.10 Å². The topological polar surface area (TPSA) is 30.9 Å². The standard InChI is InChI=1S/C51H35N5/c1-5-17-36(18-6-1)46-35-51(56(52-46)39-23-11-4-12-24-39)53(40-29-31-49-44(33-40)42-25-13-15-27-47(42)54(49)37-19-7-2-8-20-37)41-30-32-50-45(34-41)43-26-14-16-28-48(43)55(50)38-21-9-3-10-22-38/h1-35H. The van der Waals surface area contributed by atoms with Crippen LogP contribution in [-0.4, -0.2) is 18.9 Å². The van der Waals surface area contributed by atoms with E-state index in [-0.39, 0.29) is 0 Å². The van der Waals surface area contributed by atoms with Gasteiger partial charge in [-0.15, -0.1) is 0 Å². The molecule has 0 aliphatic heterocycles. The molecule has 3 aromatic heterocycles. The van der Waals surface area contributed by atoms with E-state index in [9.17, 15) is 0 Å². The Balaban J connectivity index is 1.20. The Morgan fingerprint density at radius 1 is 0.339 bits per heavy atom. The first-order valence-electron chi connectivity index (χ1n) is 19.0. The first kappa shape index (κ1) is 31.9. The van der Waals surface area contributed by atoms with Gasteiger partial charge in [0.1, 0.15) is 5.82 Å². The van der Waals surface area contributed by atoms with Crippen molar-refractivity contribution in [3.8, 4) is 28.3 Å². The first-order chi connectivity index (χ1) is 27.8. The maximum Gasteiger partial charge on any atom is 0.142 e. The van der Waals surface area contributed by atoms with Crippen LogP contribution < -0.4 is 4.90 Å². The first-order valence-corrected chi connectivity index (χ1v) is 19.0. The summed E-state index contributed by atoms with van der Waals surface area (Å²) >= 11 is 0. The van der Waals surface area contributed by atoms with Crippen molar-refractivity contribution in [2.75, 3.05) is 4.90 Å². The van der Waals surface area contributed by atoms with E-state index in [4.69, 9.17) is 5.10 Å². The predicted molar refractivity (Wildman–Crippen MR) is 232 cm³/mol. The molecule has 0 aliphatic carbocycles. The van der Waals surface area contributed by atoms with Crippen LogP contribution >= 0.6 is 0 Å². The van der Waals surface area contributed by atoms with Gasteiger partial charge in [0.05, 0.1) is 33.4 Å². The minimum Gasteiger partial charge on any atom is -0.309 e. The van der Waals surface area contributed by atoms with Crippen LogP contribution in [0.1, 0.15) is 0 Å². The van der Waals surface area contributed by atoms with E-state index in [0.717, 1.165) is 56.5 Å². The summed E-state index contributed by atoms with van der Waals surface area (Å²) in [5.41, 5.74) is 12.0. The van der Waals surface area contributed by atoms with Crippen molar-refractivity contribution >= 4 is 60.8 Å². The zero-order valence-corrected chi connectivity index (χ0v) is 30.4. The van der Waals surface area contributed by atoms with Crippen LogP contribution in [0.3, 0.4) is 0 Å². The molecule has 8 aromatic carbocycles. The maximum absolute atomic E-state index is 5.30. The number of hydrogen-bond donors (Lipinski definition) is 0. The molecule has 0 aliphatic rings. The Hall–Kier alpha value is -7.63. The van der Waals surface area contributed by atoms with Gasteiger partial charge in [0.2, 0.25) is 0 Å². The highest BCUT2D eigenvalue weighted by molar-refractivity contribution is 6.12. The van der Waals surface area contributed by atoms with E-state index < -0.39 is 0 Å². The molecule has 0 N–H and O–H groups in total. The summed E-state index contributed by atoms with van der Waals surface area (Å²) in [5, 5.41) is 10.1. The minimum atomic E-state index is 0.901. The molecule has 5 heteroatoms. The Kier molecular flexibility index (Phi) is 7.42. The molecule has 0 saturated heterocycles. The molecule has 5 nitrogen and oxygen atoms in total. The summed E-state index contributed by atoms with van der Waals surface area (Å²) in [6, 6.07) is 75.5. The van der Waals surface area contributed by atoms with Crippen LogP contribution in [0.25, 0.3) is 71.9 Å². The van der Waals surface area contributed by atoms with Crippen molar-refractivity contribution in [3.05, 3.63) is 212 Å². The van der Waals surface area contributed by atoms with Gasteiger partial charge < -0.3 is 9.13 Å². The van der Waals surface area contributed by atoms with E-state index >= 15 is 0 Å². The Bertz CT molecular complexity index is 3020. The Labute approximate surface area is 324 Å². The van der Waals surface area contributed by atoms with Crippen molar-refractivity contribution in [3.63, 3.8) is 0 Å². The van der Waals surface area contributed by atoms with Gasteiger partial charge in [0.25, 0.3) is 0 Å². The summed E-state index contributed by atoms with van der Waals surface area (Å²) in [6.45, 7) is 0. The van der Waals surface area contributed by atoms with Crippen molar-refractivity contribution in [2.24, 2.45) is 0 Å². The highest BCUT2D eigenvalue weighted by Crippen LogP contribution is 2.43. The second-order valence-electron chi connectivity index (χ2n) is 14.1. The monoisotopic (exact) mass is 717 g/mol. The van der Waals surface area contributed by atoms with Crippen LogP contribution in [-0.2, 0) is 0 Å². The van der Waals surface area contributed by atoms with Gasteiger partial charge >= 0.3 is 0 Å². The summed E-state index contributed by atoms with van der Waals surface area (Å²) < 4.78 is 6.81. The molecule has 0 bridgehead atoms. The van der Waals surface area contributed by atoms with Crippen molar-refractivity contribution < 1.29 is 0 Å². The quantitative estimate of drug-likeness (QED) is 0.164. The molecular formula is C51H35N5. The third-order valence-corrected chi connectivity index (χ3v) is 10.8. The van der Waals surface area contributed by atoms with Gasteiger partial charge in [-0.25, -0.2) is 4.68 Å². The molecule has 11 rings (SSSR count). The van der Waals surface area contributed by atoms with Gasteiger partial charge in [0, 0.05) is 55.9 Å². The lowest BCUT2D eigenvalue weighted by Gasteiger charge is -2.26. The third kappa shape index (κ3) is 5.13. The molecule has 0 amide bonds. The lowest BCUT2D eigenvalue weighted by Crippen LogP contribution is -2.14. The molecular weight excluding hydrogens is 683 g/mol. The van der Waals surface area contributed by atoms with Crippen LogP contribution in [0, 0.1) is 0 Å². The summed E-state index contributed by atoms with van der Waals surface area (Å²) in [6.07, 6.45) is 0. The molecule has 0 unspecified atom stereocenters. The van der Waals surface area contributed by atoms with Crippen molar-refractivity contribution in [2.45, 2.75) is 0 Å². The summed E-state index contributed by atoms with van der Waals surface area (Å²) in [5.74, 6) is 0.937. The predicted octanol–water partition coefficient (Wildman–Crippen LogP) is 13.2. The smallest absolute Gasteiger partial charge is 0.142 e. The van der Waals surface area contributed by atoms with Gasteiger partial charge in [-0.1, -0.05) is 121 Å². The molecule has 0 fully saturated rings. The highest BCUT2D eigenvalue weighted by Gasteiger charge is 2.24. The van der Waals surface area contributed by atoms with Crippen LogP contribution in [0.15, 0.2) is 212 Å². The molecule has 3 heterocycles. The van der Waals surface area contributed by atoms with Gasteiger partial charge in [-0.3, -0.25) is 4.90 Å². The fraction of sp³-hybridized carbons (Fsp3) is 0. The summed E-state index contributed by atoms with van der Waals surface area (Å²) in [7, 11) is 0. The highest BCUT2D eigenvalue weighted by atomic mass is 15.4. The zero-order chi connectivity index (χ0) is 37.0. The molecule has 11 aromatic rings. The van der Waals surface area contributed by atoms with Crippen LogP contribution in [0.2, 0.25) is 0 Å². The SMILES string of the molecule is c1ccc(-c2cc(N(c3ccc4c(c3)c3ccccc3n4-c3ccccc3)c3ccc4c(c3)c3ccccc3n4-c3ccccc3)n(-c3ccccc3)n2)cc1. The molecule has 0 atom stereocenters. The van der Waals surface area contributed by atoms with Crippen molar-refractivity contribution in [1.82, 2.24) is 18.9 Å². The number of nitrogens with zero attached hydrogens (tertiary/aromatic N) is 5. The second kappa shape index (κ2) is 13.0. The van der Waals surface area contributed by atoms with E-state index in [1.165, 1.54) is 32.6 Å². The molecule has 0 saturated carbocycles. The van der Waals surface area contributed by atoms with E-state index in [1.54, 1.807) is 0 Å². The normalized spacial score (nSPS) is 11.6. The second-order valence-corrected chi connectivity index (χ2v) is 14.1. The largest absolute Gasteiger partial charge is 0.309 e. The van der Waals surface area contributed by atoms with Crippen molar-refractivity contribution in [1.29, 1.82) is 0 Å². The average Bonchev–Trinajstić information content (AvgIpc) is 3.96. The number of fused-ring (bicyclic) bond motifs is 6. The minimum absolute atomic E-state index is 0.901. The van der Waals surface area contributed by atoms with E-state index in [2.05, 4.69) is 225 Å². The third-order valence-electron chi connectivity index (χ3n) is 10.8. The fourth-order valence-electron chi connectivity index (χ4n) is 8.36. The van der Waals surface area contributed by atoms with Gasteiger partial charge in [0.15, 0.2) is 0 Å². The number of anilines is 3. The van der Waals surface area contributed by atoms with Crippen LogP contribution in [0.4, 0.5) is 17.2 Å². The lowest BCUT2D eigenvalue weighted by molar-refractivity contribution is 0.876. The van der Waals surface area contributed by atoms with Gasteiger partial charge in [-0.05, 0) is 84.9 Å². The Morgan fingerprint density at radius 3 is 1.25 bits per heavy atom. The molecule has 56 heavy (non-hydrogen) atoms. The average molecular weight is 718 g/mol. The fourth-order valence-corrected chi connectivity index (χ4v) is 8.36. The maximum atomic E-state index is 5.30. The summed E-state index contributed by atoms with van der Waals surface area (Å²) in [4.78, 5) is 2.37. The molecule has 0 spiro atoms. The molecule has 0 radical (unpaired) electrons. The Morgan fingerprint density at radius 2 is 0.750 bits per heavy atom. The number of rotatable bonds is 7. The number of para-hydroxylation sites is 5. The molecule has 264 valence electrons. The lowest BCUT2D eigenvalue weighted by atomic mass is 10.1.